The first-order valence-electron chi connectivity index (χ1n) is 9.36. The average Bonchev–Trinajstić information content (AvgIpc) is 3.00. The number of carbonyl (C=O) groups is 2. The van der Waals surface area contributed by atoms with Gasteiger partial charge in [0.25, 0.3) is 11.1 Å². The Morgan fingerprint density at radius 3 is 2.67 bits per heavy atom. The van der Waals surface area contributed by atoms with Gasteiger partial charge in [-0.1, -0.05) is 36.7 Å². The van der Waals surface area contributed by atoms with Crippen LogP contribution in [0.3, 0.4) is 0 Å². The third kappa shape index (κ3) is 4.63. The van der Waals surface area contributed by atoms with Gasteiger partial charge in [0.15, 0.2) is 11.5 Å². The van der Waals surface area contributed by atoms with Crippen molar-refractivity contribution in [3.05, 3.63) is 63.3 Å². The van der Waals surface area contributed by atoms with Crippen LogP contribution in [0.5, 0.6) is 11.5 Å². The Morgan fingerprint density at radius 1 is 1.27 bits per heavy atom. The number of halogens is 2. The predicted molar refractivity (Wildman–Crippen MR) is 116 cm³/mol. The van der Waals surface area contributed by atoms with Crippen LogP contribution in [0.1, 0.15) is 31.4 Å². The van der Waals surface area contributed by atoms with Crippen molar-refractivity contribution in [2.75, 3.05) is 7.11 Å². The second kappa shape index (κ2) is 9.53. The van der Waals surface area contributed by atoms with Gasteiger partial charge in [-0.2, -0.15) is 0 Å². The largest absolute Gasteiger partial charge is 0.493 e. The van der Waals surface area contributed by atoms with Crippen LogP contribution in [-0.4, -0.2) is 29.2 Å². The zero-order valence-electron chi connectivity index (χ0n) is 16.8. The van der Waals surface area contributed by atoms with Crippen molar-refractivity contribution in [1.29, 1.82) is 0 Å². The number of hydrogen-bond donors (Lipinski definition) is 0. The maximum atomic E-state index is 13.8. The van der Waals surface area contributed by atoms with Gasteiger partial charge in [-0.25, -0.2) is 4.39 Å². The first-order valence-corrected chi connectivity index (χ1v) is 10.6. The number of methoxy groups -OCH3 is 1. The molecule has 0 spiro atoms. The van der Waals surface area contributed by atoms with E-state index in [0.29, 0.717) is 28.2 Å². The number of rotatable bonds is 7. The van der Waals surface area contributed by atoms with Crippen molar-refractivity contribution in [3.63, 3.8) is 0 Å². The molecule has 1 aliphatic heterocycles. The summed E-state index contributed by atoms with van der Waals surface area (Å²) < 4.78 is 24.9. The number of thioether (sulfide) groups is 1. The third-order valence-corrected chi connectivity index (χ3v) is 5.90. The van der Waals surface area contributed by atoms with E-state index in [0.717, 1.165) is 11.8 Å². The second-order valence-corrected chi connectivity index (χ2v) is 8.12. The fraction of sp³-hybridized carbons (Fsp3) is 0.273. The van der Waals surface area contributed by atoms with Gasteiger partial charge in [0.2, 0.25) is 0 Å². The minimum absolute atomic E-state index is 0.0180. The minimum atomic E-state index is -0.374. The van der Waals surface area contributed by atoms with Crippen LogP contribution in [0.15, 0.2) is 41.3 Å². The summed E-state index contributed by atoms with van der Waals surface area (Å²) in [5.74, 6) is -0.0888. The molecule has 0 bridgehead atoms. The number of benzene rings is 2. The Labute approximate surface area is 183 Å². The maximum absolute atomic E-state index is 13.8. The summed E-state index contributed by atoms with van der Waals surface area (Å²) in [5.41, 5.74) is 0.975. The summed E-state index contributed by atoms with van der Waals surface area (Å²) in [6.45, 7) is 3.74. The van der Waals surface area contributed by atoms with E-state index >= 15 is 0 Å². The number of hydrogen-bond acceptors (Lipinski definition) is 5. The molecule has 158 valence electrons. The van der Waals surface area contributed by atoms with E-state index in [4.69, 9.17) is 21.1 Å². The topological polar surface area (TPSA) is 55.8 Å². The number of imide groups is 1. The van der Waals surface area contributed by atoms with Crippen LogP contribution in [0.25, 0.3) is 6.08 Å². The van der Waals surface area contributed by atoms with Gasteiger partial charge in [0.1, 0.15) is 12.4 Å². The van der Waals surface area contributed by atoms with Gasteiger partial charge in [-0.15, -0.1) is 0 Å². The lowest BCUT2D eigenvalue weighted by atomic mass is 10.1. The quantitative estimate of drug-likeness (QED) is 0.492. The van der Waals surface area contributed by atoms with Crippen molar-refractivity contribution in [2.45, 2.75) is 32.9 Å². The van der Waals surface area contributed by atoms with E-state index in [1.807, 2.05) is 13.8 Å². The van der Waals surface area contributed by atoms with Crippen LogP contribution < -0.4 is 9.47 Å². The normalized spacial score (nSPS) is 16.3. The average molecular weight is 450 g/mol. The summed E-state index contributed by atoms with van der Waals surface area (Å²) >= 11 is 7.27. The summed E-state index contributed by atoms with van der Waals surface area (Å²) in [6, 6.07) is 9.39. The SMILES string of the molecule is CC[C@@H](C)N1C(=O)S/C(=C/c2cc(Cl)c(OCc3ccccc3F)c(OC)c2)C1=O. The van der Waals surface area contributed by atoms with Gasteiger partial charge in [0.05, 0.1) is 17.0 Å². The number of ether oxygens (including phenoxy) is 2. The molecule has 0 saturated carbocycles. The van der Waals surface area contributed by atoms with E-state index in [2.05, 4.69) is 0 Å². The van der Waals surface area contributed by atoms with Gasteiger partial charge in [0, 0.05) is 11.6 Å². The molecule has 8 heteroatoms. The first-order chi connectivity index (χ1) is 14.3. The fourth-order valence-corrected chi connectivity index (χ4v) is 4.13. The predicted octanol–water partition coefficient (Wildman–Crippen LogP) is 5.90. The second-order valence-electron chi connectivity index (χ2n) is 6.72. The highest BCUT2D eigenvalue weighted by Gasteiger charge is 2.37. The van der Waals surface area contributed by atoms with Gasteiger partial charge < -0.3 is 9.47 Å². The summed E-state index contributed by atoms with van der Waals surface area (Å²) in [6.07, 6.45) is 2.28. The van der Waals surface area contributed by atoms with E-state index in [1.54, 1.807) is 36.4 Å². The molecular weight excluding hydrogens is 429 g/mol. The van der Waals surface area contributed by atoms with E-state index in [-0.39, 0.29) is 40.4 Å². The summed E-state index contributed by atoms with van der Waals surface area (Å²) in [5, 5.41) is -0.0402. The molecule has 0 aliphatic carbocycles. The lowest BCUT2D eigenvalue weighted by Gasteiger charge is -2.19. The zero-order valence-corrected chi connectivity index (χ0v) is 18.3. The molecule has 0 N–H and O–H groups in total. The summed E-state index contributed by atoms with van der Waals surface area (Å²) in [4.78, 5) is 26.4. The molecule has 5 nitrogen and oxygen atoms in total. The Morgan fingerprint density at radius 2 is 2.00 bits per heavy atom. The van der Waals surface area contributed by atoms with Crippen molar-refractivity contribution in [1.82, 2.24) is 4.90 Å². The molecule has 1 saturated heterocycles. The number of nitrogens with zero attached hydrogens (tertiary/aromatic N) is 1. The van der Waals surface area contributed by atoms with Crippen molar-refractivity contribution < 1.29 is 23.5 Å². The smallest absolute Gasteiger partial charge is 0.293 e. The lowest BCUT2D eigenvalue weighted by Crippen LogP contribution is -2.36. The monoisotopic (exact) mass is 449 g/mol. The molecule has 2 amide bonds. The standard InChI is InChI=1S/C22H21ClFNO4S/c1-4-13(2)25-21(26)19(30-22(25)27)11-14-9-16(23)20(18(10-14)28-3)29-12-15-7-5-6-8-17(15)24/h5-11,13H,4,12H2,1-3H3/b19-11+/t13-/m1/s1. The number of amides is 2. The third-order valence-electron chi connectivity index (χ3n) is 4.73. The molecule has 2 aromatic rings. The van der Waals surface area contributed by atoms with Crippen molar-refractivity contribution in [3.8, 4) is 11.5 Å². The van der Waals surface area contributed by atoms with Crippen molar-refractivity contribution >= 4 is 40.6 Å². The molecule has 2 aromatic carbocycles. The Balaban J connectivity index is 1.85. The van der Waals surface area contributed by atoms with Crippen LogP contribution in [0, 0.1) is 5.82 Å². The van der Waals surface area contributed by atoms with Gasteiger partial charge in [-0.05, 0) is 54.9 Å². The molecule has 1 heterocycles. The number of carbonyl (C=O) groups excluding carboxylic acids is 2. The minimum Gasteiger partial charge on any atom is -0.493 e. The Hall–Kier alpha value is -2.51. The molecule has 1 fully saturated rings. The van der Waals surface area contributed by atoms with Crippen LogP contribution in [0.4, 0.5) is 9.18 Å². The highest BCUT2D eigenvalue weighted by Crippen LogP contribution is 2.39. The van der Waals surface area contributed by atoms with E-state index in [9.17, 15) is 14.0 Å². The van der Waals surface area contributed by atoms with E-state index in [1.165, 1.54) is 18.1 Å². The molecule has 0 aromatic heterocycles. The summed E-state index contributed by atoms with van der Waals surface area (Å²) in [7, 11) is 1.46. The molecule has 30 heavy (non-hydrogen) atoms. The Bertz CT molecular complexity index is 1010. The van der Waals surface area contributed by atoms with Crippen LogP contribution in [0.2, 0.25) is 5.02 Å². The lowest BCUT2D eigenvalue weighted by molar-refractivity contribution is -0.124. The molecule has 3 rings (SSSR count). The first kappa shape index (κ1) is 22.2. The van der Waals surface area contributed by atoms with Gasteiger partial charge >= 0.3 is 0 Å². The zero-order chi connectivity index (χ0) is 21.8. The van der Waals surface area contributed by atoms with E-state index < -0.39 is 0 Å². The molecule has 0 unspecified atom stereocenters. The Kier molecular flexibility index (Phi) is 7.05. The molecule has 1 aliphatic rings. The van der Waals surface area contributed by atoms with Gasteiger partial charge in [-0.3, -0.25) is 14.5 Å². The maximum Gasteiger partial charge on any atom is 0.293 e. The molecule has 0 radical (unpaired) electrons. The highest BCUT2D eigenvalue weighted by molar-refractivity contribution is 8.18. The fourth-order valence-electron chi connectivity index (χ4n) is 2.92. The van der Waals surface area contributed by atoms with Crippen LogP contribution in [-0.2, 0) is 11.4 Å². The molecule has 1 atom stereocenters. The van der Waals surface area contributed by atoms with Crippen LogP contribution >= 0.6 is 23.4 Å². The van der Waals surface area contributed by atoms with Crippen molar-refractivity contribution in [2.24, 2.45) is 0 Å². The highest BCUT2D eigenvalue weighted by atomic mass is 35.5. The molecular formula is C22H21ClFNO4S.